The molecule has 1 aromatic rings. The lowest BCUT2D eigenvalue weighted by molar-refractivity contribution is -0.384. The van der Waals surface area contributed by atoms with Gasteiger partial charge in [0.25, 0.3) is 5.69 Å². The highest BCUT2D eigenvalue weighted by Crippen LogP contribution is 2.14. The zero-order chi connectivity index (χ0) is 15.0. The van der Waals surface area contributed by atoms with Gasteiger partial charge in [-0.2, -0.15) is 0 Å². The Morgan fingerprint density at radius 3 is 2.25 bits per heavy atom. The summed E-state index contributed by atoms with van der Waals surface area (Å²) >= 11 is 0. The maximum absolute atomic E-state index is 10.6. The Morgan fingerprint density at radius 2 is 1.80 bits per heavy atom. The van der Waals surface area contributed by atoms with Gasteiger partial charge in [-0.05, 0) is 24.8 Å². The van der Waals surface area contributed by atoms with Crippen LogP contribution in [0.2, 0.25) is 0 Å². The van der Waals surface area contributed by atoms with E-state index in [-0.39, 0.29) is 17.2 Å². The van der Waals surface area contributed by atoms with Crippen molar-refractivity contribution in [2.24, 2.45) is 0 Å². The van der Waals surface area contributed by atoms with Crippen molar-refractivity contribution in [1.82, 2.24) is 4.90 Å². The summed E-state index contributed by atoms with van der Waals surface area (Å²) in [6.07, 6.45) is 2.97. The maximum Gasteiger partial charge on any atom is 0.269 e. The molecule has 0 aliphatic carbocycles. The van der Waals surface area contributed by atoms with Crippen LogP contribution in [0.1, 0.15) is 32.3 Å². The third kappa shape index (κ3) is 4.90. The average molecular weight is 280 g/mol. The maximum atomic E-state index is 10.6. The Morgan fingerprint density at radius 1 is 1.20 bits per heavy atom. The summed E-state index contributed by atoms with van der Waals surface area (Å²) in [6.45, 7) is 6.02. The van der Waals surface area contributed by atoms with E-state index in [1.807, 2.05) is 12.1 Å². The predicted molar refractivity (Wildman–Crippen MR) is 79.8 cm³/mol. The lowest BCUT2D eigenvalue weighted by Crippen LogP contribution is -2.38. The van der Waals surface area contributed by atoms with Gasteiger partial charge < -0.3 is 5.11 Å². The predicted octanol–water partition coefficient (Wildman–Crippen LogP) is 2.62. The van der Waals surface area contributed by atoms with Crippen molar-refractivity contribution in [2.45, 2.75) is 39.2 Å². The van der Waals surface area contributed by atoms with Crippen LogP contribution in [0.3, 0.4) is 0 Å². The summed E-state index contributed by atoms with van der Waals surface area (Å²) in [5, 5.41) is 19.8. The molecule has 0 spiro atoms. The Hall–Kier alpha value is -1.46. The summed E-state index contributed by atoms with van der Waals surface area (Å²) in [6, 6.07) is 7.19. The van der Waals surface area contributed by atoms with Crippen LogP contribution in [-0.4, -0.2) is 40.7 Å². The molecule has 112 valence electrons. The topological polar surface area (TPSA) is 66.6 Å². The number of rotatable bonds is 9. The summed E-state index contributed by atoms with van der Waals surface area (Å²) < 4.78 is 0. The largest absolute Gasteiger partial charge is 0.395 e. The molecule has 0 saturated carbocycles. The van der Waals surface area contributed by atoms with Crippen molar-refractivity contribution >= 4 is 5.69 Å². The minimum atomic E-state index is -0.383. The number of hydrogen-bond acceptors (Lipinski definition) is 4. The van der Waals surface area contributed by atoms with E-state index in [4.69, 9.17) is 5.11 Å². The third-order valence-electron chi connectivity index (χ3n) is 3.68. The Bertz CT molecular complexity index is 402. The molecule has 5 heteroatoms. The average Bonchev–Trinajstić information content (AvgIpc) is 2.46. The molecule has 0 aliphatic heterocycles. The van der Waals surface area contributed by atoms with Crippen LogP contribution in [0.4, 0.5) is 5.69 Å². The molecule has 1 aromatic carbocycles. The fraction of sp³-hybridized carbons (Fsp3) is 0.600. The van der Waals surface area contributed by atoms with Crippen molar-refractivity contribution in [3.63, 3.8) is 0 Å². The van der Waals surface area contributed by atoms with Crippen molar-refractivity contribution in [1.29, 1.82) is 0 Å². The first-order chi connectivity index (χ1) is 9.62. The van der Waals surface area contributed by atoms with E-state index in [1.165, 1.54) is 0 Å². The van der Waals surface area contributed by atoms with Crippen LogP contribution in [0.25, 0.3) is 0 Å². The lowest BCUT2D eigenvalue weighted by Gasteiger charge is -2.29. The molecule has 1 rings (SSSR count). The van der Waals surface area contributed by atoms with E-state index in [9.17, 15) is 10.1 Å². The van der Waals surface area contributed by atoms with Crippen LogP contribution < -0.4 is 0 Å². The molecule has 0 saturated heterocycles. The molecule has 0 radical (unpaired) electrons. The van der Waals surface area contributed by atoms with E-state index in [2.05, 4.69) is 18.7 Å². The number of hydrogen-bond donors (Lipinski definition) is 1. The van der Waals surface area contributed by atoms with Crippen LogP contribution in [0, 0.1) is 10.1 Å². The third-order valence-corrected chi connectivity index (χ3v) is 3.68. The van der Waals surface area contributed by atoms with Gasteiger partial charge in [-0.25, -0.2) is 0 Å². The van der Waals surface area contributed by atoms with E-state index in [0.29, 0.717) is 12.6 Å². The smallest absolute Gasteiger partial charge is 0.269 e. The first-order valence-electron chi connectivity index (χ1n) is 7.20. The number of nitrogens with zero attached hydrogens (tertiary/aromatic N) is 2. The lowest BCUT2D eigenvalue weighted by atomic mass is 10.1. The van der Waals surface area contributed by atoms with Gasteiger partial charge in [0.05, 0.1) is 11.5 Å². The van der Waals surface area contributed by atoms with Gasteiger partial charge in [-0.1, -0.05) is 26.0 Å². The van der Waals surface area contributed by atoms with Gasteiger partial charge in [0, 0.05) is 31.3 Å². The zero-order valence-corrected chi connectivity index (χ0v) is 12.3. The van der Waals surface area contributed by atoms with Crippen molar-refractivity contribution in [3.05, 3.63) is 39.9 Å². The second-order valence-corrected chi connectivity index (χ2v) is 4.90. The number of non-ortho nitro benzene ring substituents is 1. The first-order valence-corrected chi connectivity index (χ1v) is 7.20. The zero-order valence-electron chi connectivity index (χ0n) is 12.3. The summed E-state index contributed by atoms with van der Waals surface area (Å²) in [4.78, 5) is 12.5. The molecule has 0 atom stereocenters. The Balaban J connectivity index is 2.60. The first kappa shape index (κ1) is 16.6. The van der Waals surface area contributed by atoms with Crippen LogP contribution in [-0.2, 0) is 6.42 Å². The second-order valence-electron chi connectivity index (χ2n) is 4.90. The highest BCUT2D eigenvalue weighted by Gasteiger charge is 2.14. The van der Waals surface area contributed by atoms with Gasteiger partial charge in [0.15, 0.2) is 0 Å². The molecule has 0 unspecified atom stereocenters. The summed E-state index contributed by atoms with van der Waals surface area (Å²) in [5.41, 5.74) is 1.21. The second kappa shape index (κ2) is 8.66. The van der Waals surface area contributed by atoms with Crippen LogP contribution in [0.15, 0.2) is 24.3 Å². The molecular weight excluding hydrogens is 256 g/mol. The van der Waals surface area contributed by atoms with E-state index in [1.54, 1.807) is 12.1 Å². The quantitative estimate of drug-likeness (QED) is 0.558. The van der Waals surface area contributed by atoms with Gasteiger partial charge in [-0.3, -0.25) is 15.0 Å². The molecule has 0 fully saturated rings. The molecule has 5 nitrogen and oxygen atoms in total. The molecule has 0 aromatic heterocycles. The molecule has 0 heterocycles. The Kier molecular flexibility index (Phi) is 7.18. The molecule has 0 aliphatic rings. The van der Waals surface area contributed by atoms with E-state index >= 15 is 0 Å². The highest BCUT2D eigenvalue weighted by atomic mass is 16.6. The number of benzene rings is 1. The fourth-order valence-corrected chi connectivity index (χ4v) is 2.47. The SMILES string of the molecule is CCC(CC)N(CCO)CCc1ccc([N+](=O)[O-])cc1. The van der Waals surface area contributed by atoms with Crippen LogP contribution in [0.5, 0.6) is 0 Å². The minimum absolute atomic E-state index is 0.126. The standard InChI is InChI=1S/C15H24N2O3/c1-3-14(4-2)16(11-12-18)10-9-13-5-7-15(8-6-13)17(19)20/h5-8,14,18H,3-4,9-12H2,1-2H3. The van der Waals surface area contributed by atoms with Gasteiger partial charge in [0.1, 0.15) is 0 Å². The number of nitro benzene ring substituents is 1. The number of aliphatic hydroxyl groups is 1. The van der Waals surface area contributed by atoms with E-state index in [0.717, 1.165) is 31.4 Å². The molecular formula is C15H24N2O3. The van der Waals surface area contributed by atoms with Crippen molar-refractivity contribution in [3.8, 4) is 0 Å². The minimum Gasteiger partial charge on any atom is -0.395 e. The number of nitro groups is 1. The van der Waals surface area contributed by atoms with Gasteiger partial charge in [0.2, 0.25) is 0 Å². The van der Waals surface area contributed by atoms with Crippen molar-refractivity contribution in [2.75, 3.05) is 19.7 Å². The molecule has 20 heavy (non-hydrogen) atoms. The van der Waals surface area contributed by atoms with Gasteiger partial charge in [-0.15, -0.1) is 0 Å². The molecule has 1 N–H and O–H groups in total. The van der Waals surface area contributed by atoms with E-state index < -0.39 is 0 Å². The number of aliphatic hydroxyl groups excluding tert-OH is 1. The van der Waals surface area contributed by atoms with Crippen molar-refractivity contribution < 1.29 is 10.0 Å². The summed E-state index contributed by atoms with van der Waals surface area (Å²) in [7, 11) is 0. The van der Waals surface area contributed by atoms with Crippen LogP contribution >= 0.6 is 0 Å². The normalized spacial score (nSPS) is 11.2. The highest BCUT2D eigenvalue weighted by molar-refractivity contribution is 5.32. The Labute approximate surface area is 120 Å². The molecule has 0 amide bonds. The summed E-state index contributed by atoms with van der Waals surface area (Å²) in [5.74, 6) is 0. The monoisotopic (exact) mass is 280 g/mol. The molecule has 0 bridgehead atoms. The fourth-order valence-electron chi connectivity index (χ4n) is 2.47. The van der Waals surface area contributed by atoms with Gasteiger partial charge >= 0.3 is 0 Å².